The van der Waals surface area contributed by atoms with E-state index in [-0.39, 0.29) is 5.97 Å². The number of methoxy groups -OCH3 is 1. The van der Waals surface area contributed by atoms with Crippen LogP contribution in [0.4, 0.5) is 0 Å². The van der Waals surface area contributed by atoms with Gasteiger partial charge in [0.05, 0.1) is 7.11 Å². The summed E-state index contributed by atoms with van der Waals surface area (Å²) in [6.45, 7) is 1.98. The monoisotopic (exact) mass is 336 g/mol. The maximum Gasteiger partial charge on any atom is 0.321 e. The van der Waals surface area contributed by atoms with Crippen LogP contribution in [0.1, 0.15) is 24.3 Å². The SMILES string of the molecule is COC(=O)C1(c2nc(-c3ccc(Br)cc3C)no2)CC1. The summed E-state index contributed by atoms with van der Waals surface area (Å²) in [6.07, 6.45) is 1.39. The van der Waals surface area contributed by atoms with Crippen molar-refractivity contribution in [2.75, 3.05) is 7.11 Å². The van der Waals surface area contributed by atoms with Gasteiger partial charge < -0.3 is 9.26 Å². The molecule has 0 radical (unpaired) electrons. The normalized spacial score (nSPS) is 15.9. The van der Waals surface area contributed by atoms with E-state index in [0.29, 0.717) is 24.6 Å². The van der Waals surface area contributed by atoms with Crippen LogP contribution in [0.2, 0.25) is 0 Å². The van der Waals surface area contributed by atoms with E-state index in [4.69, 9.17) is 9.26 Å². The molecule has 5 nitrogen and oxygen atoms in total. The topological polar surface area (TPSA) is 65.2 Å². The molecule has 1 fully saturated rings. The van der Waals surface area contributed by atoms with E-state index in [2.05, 4.69) is 26.1 Å². The van der Waals surface area contributed by atoms with Crippen molar-refractivity contribution in [3.63, 3.8) is 0 Å². The largest absolute Gasteiger partial charge is 0.468 e. The van der Waals surface area contributed by atoms with Crippen molar-refractivity contribution in [2.24, 2.45) is 0 Å². The second-order valence-corrected chi connectivity index (χ2v) is 5.87. The Morgan fingerprint density at radius 3 is 2.80 bits per heavy atom. The van der Waals surface area contributed by atoms with E-state index in [1.54, 1.807) is 0 Å². The van der Waals surface area contributed by atoms with Gasteiger partial charge in [-0.3, -0.25) is 4.79 Å². The maximum absolute atomic E-state index is 11.8. The number of hydrogen-bond acceptors (Lipinski definition) is 5. The molecule has 1 saturated carbocycles. The van der Waals surface area contributed by atoms with Gasteiger partial charge in [0.15, 0.2) is 0 Å². The highest BCUT2D eigenvalue weighted by atomic mass is 79.9. The molecule has 104 valence electrons. The second kappa shape index (κ2) is 4.70. The molecule has 1 aliphatic carbocycles. The van der Waals surface area contributed by atoms with Crippen LogP contribution in [0, 0.1) is 6.92 Å². The molecule has 3 rings (SSSR count). The average molecular weight is 337 g/mol. The first-order valence-corrected chi connectivity index (χ1v) is 7.05. The lowest BCUT2D eigenvalue weighted by molar-refractivity contribution is -0.144. The summed E-state index contributed by atoms with van der Waals surface area (Å²) >= 11 is 3.42. The van der Waals surface area contributed by atoms with Crippen LogP contribution in [0.5, 0.6) is 0 Å². The Morgan fingerprint density at radius 2 is 2.20 bits per heavy atom. The average Bonchev–Trinajstić information content (AvgIpc) is 3.10. The van der Waals surface area contributed by atoms with Crippen LogP contribution in [0.15, 0.2) is 27.2 Å². The van der Waals surface area contributed by atoms with Gasteiger partial charge in [-0.15, -0.1) is 0 Å². The van der Waals surface area contributed by atoms with Crippen molar-refractivity contribution in [3.8, 4) is 11.4 Å². The van der Waals surface area contributed by atoms with Crippen molar-refractivity contribution >= 4 is 21.9 Å². The van der Waals surface area contributed by atoms with E-state index in [1.165, 1.54) is 7.11 Å². The fourth-order valence-electron chi connectivity index (χ4n) is 2.23. The molecule has 1 aromatic carbocycles. The molecule has 0 atom stereocenters. The highest BCUT2D eigenvalue weighted by molar-refractivity contribution is 9.10. The Hall–Kier alpha value is -1.69. The Balaban J connectivity index is 1.97. The van der Waals surface area contributed by atoms with E-state index in [0.717, 1.165) is 15.6 Å². The second-order valence-electron chi connectivity index (χ2n) is 4.96. The van der Waals surface area contributed by atoms with Crippen LogP contribution in [-0.2, 0) is 14.9 Å². The zero-order valence-corrected chi connectivity index (χ0v) is 12.7. The first kappa shape index (κ1) is 13.3. The fourth-order valence-corrected chi connectivity index (χ4v) is 2.71. The molecular formula is C14H13BrN2O3. The molecule has 1 aromatic heterocycles. The van der Waals surface area contributed by atoms with Crippen LogP contribution in [-0.4, -0.2) is 23.2 Å². The maximum atomic E-state index is 11.8. The summed E-state index contributed by atoms with van der Waals surface area (Å²) in [6, 6.07) is 5.83. The summed E-state index contributed by atoms with van der Waals surface area (Å²) in [5.74, 6) is 0.544. The number of rotatable bonds is 3. The Bertz CT molecular complexity index is 677. The predicted molar refractivity (Wildman–Crippen MR) is 75.1 cm³/mol. The number of ether oxygens (including phenoxy) is 1. The third-order valence-electron chi connectivity index (χ3n) is 3.59. The highest BCUT2D eigenvalue weighted by Crippen LogP contribution is 2.48. The van der Waals surface area contributed by atoms with Gasteiger partial charge in [0.25, 0.3) is 0 Å². The summed E-state index contributed by atoms with van der Waals surface area (Å²) in [4.78, 5) is 16.2. The number of esters is 1. The lowest BCUT2D eigenvalue weighted by Gasteiger charge is -2.06. The molecule has 0 bridgehead atoms. The van der Waals surface area contributed by atoms with Gasteiger partial charge in [-0.25, -0.2) is 0 Å². The van der Waals surface area contributed by atoms with Crippen LogP contribution in [0.25, 0.3) is 11.4 Å². The summed E-state index contributed by atoms with van der Waals surface area (Å²) < 4.78 is 11.1. The van der Waals surface area contributed by atoms with Crippen LogP contribution in [0.3, 0.4) is 0 Å². The number of nitrogens with zero attached hydrogens (tertiary/aromatic N) is 2. The van der Waals surface area contributed by atoms with E-state index < -0.39 is 5.41 Å². The molecule has 1 aliphatic rings. The van der Waals surface area contributed by atoms with Gasteiger partial charge in [0.2, 0.25) is 11.7 Å². The first-order valence-electron chi connectivity index (χ1n) is 6.26. The molecule has 0 N–H and O–H groups in total. The van der Waals surface area contributed by atoms with Gasteiger partial charge in [0, 0.05) is 10.0 Å². The Labute approximate surface area is 124 Å². The molecule has 0 aliphatic heterocycles. The molecule has 0 amide bonds. The van der Waals surface area contributed by atoms with Crippen molar-refractivity contribution in [3.05, 3.63) is 34.1 Å². The molecule has 0 spiro atoms. The van der Waals surface area contributed by atoms with Crippen molar-refractivity contribution in [1.29, 1.82) is 0 Å². The lowest BCUT2D eigenvalue weighted by Crippen LogP contribution is -2.22. The molecule has 0 saturated heterocycles. The predicted octanol–water partition coefficient (Wildman–Crippen LogP) is 3.01. The van der Waals surface area contributed by atoms with Crippen molar-refractivity contribution in [1.82, 2.24) is 10.1 Å². The van der Waals surface area contributed by atoms with Crippen molar-refractivity contribution in [2.45, 2.75) is 25.2 Å². The first-order chi connectivity index (χ1) is 9.56. The van der Waals surface area contributed by atoms with Crippen LogP contribution >= 0.6 is 15.9 Å². The Kier molecular flexibility index (Phi) is 3.12. The fraction of sp³-hybridized carbons (Fsp3) is 0.357. The molecule has 6 heteroatoms. The van der Waals surface area contributed by atoms with E-state index in [9.17, 15) is 4.79 Å². The zero-order chi connectivity index (χ0) is 14.3. The van der Waals surface area contributed by atoms with Gasteiger partial charge in [-0.05, 0) is 43.5 Å². The number of carbonyl (C=O) groups excluding carboxylic acids is 1. The van der Waals surface area contributed by atoms with Gasteiger partial charge >= 0.3 is 5.97 Å². The third kappa shape index (κ3) is 2.04. The van der Waals surface area contributed by atoms with Crippen molar-refractivity contribution < 1.29 is 14.1 Å². The van der Waals surface area contributed by atoms with E-state index in [1.807, 2.05) is 25.1 Å². The third-order valence-corrected chi connectivity index (χ3v) is 4.08. The molecule has 20 heavy (non-hydrogen) atoms. The molecule has 2 aromatic rings. The van der Waals surface area contributed by atoms with Gasteiger partial charge in [-0.2, -0.15) is 4.98 Å². The van der Waals surface area contributed by atoms with E-state index >= 15 is 0 Å². The summed E-state index contributed by atoms with van der Waals surface area (Å²) in [7, 11) is 1.37. The minimum absolute atomic E-state index is 0.305. The summed E-state index contributed by atoms with van der Waals surface area (Å²) in [5, 5.41) is 3.99. The van der Waals surface area contributed by atoms with Crippen LogP contribution < -0.4 is 0 Å². The number of aryl methyl sites for hydroxylation is 1. The Morgan fingerprint density at radius 1 is 1.45 bits per heavy atom. The minimum atomic E-state index is -0.719. The standard InChI is InChI=1S/C14H13BrN2O3/c1-8-7-9(15)3-4-10(8)11-16-12(20-17-11)14(5-6-14)13(18)19-2/h3-4,7H,5-6H2,1-2H3. The van der Waals surface area contributed by atoms with Gasteiger partial charge in [0.1, 0.15) is 5.41 Å². The number of hydrogen-bond donors (Lipinski definition) is 0. The number of aromatic nitrogens is 2. The highest BCUT2D eigenvalue weighted by Gasteiger charge is 2.57. The minimum Gasteiger partial charge on any atom is -0.468 e. The molecule has 1 heterocycles. The molecule has 0 unspecified atom stereocenters. The summed E-state index contributed by atoms with van der Waals surface area (Å²) in [5.41, 5.74) is 1.21. The number of halogens is 1. The number of benzene rings is 1. The lowest BCUT2D eigenvalue weighted by atomic mass is 10.1. The molecular weight excluding hydrogens is 324 g/mol. The van der Waals surface area contributed by atoms with Gasteiger partial charge in [-0.1, -0.05) is 21.1 Å². The smallest absolute Gasteiger partial charge is 0.321 e. The quantitative estimate of drug-likeness (QED) is 0.806. The zero-order valence-electron chi connectivity index (χ0n) is 11.1. The number of carbonyl (C=O) groups is 1.